The monoisotopic (exact) mass is 288 g/mol. The van der Waals surface area contributed by atoms with Crippen LogP contribution in [0.25, 0.3) is 6.08 Å². The molecule has 0 unspecified atom stereocenters. The molecule has 82 valence electrons. The number of rotatable bonds is 5. The number of esters is 1. The summed E-state index contributed by atoms with van der Waals surface area (Å²) in [7, 11) is 0. The molecule has 1 rings (SSSR count). The van der Waals surface area contributed by atoms with E-state index in [-0.39, 0.29) is 5.97 Å². The van der Waals surface area contributed by atoms with Gasteiger partial charge in [-0.3, -0.25) is 0 Å². The predicted molar refractivity (Wildman–Crippen MR) is 67.7 cm³/mol. The van der Waals surface area contributed by atoms with E-state index in [0.717, 1.165) is 16.6 Å². The number of hydrogen-bond acceptors (Lipinski definition) is 3. The number of hydrogen-bond donors (Lipinski definition) is 0. The Morgan fingerprint density at radius 1 is 1.60 bits per heavy atom. The van der Waals surface area contributed by atoms with Crippen LogP contribution in [0.15, 0.2) is 18.2 Å². The fraction of sp³-hybridized carbons (Fsp3) is 0.364. The lowest BCUT2D eigenvalue weighted by Crippen LogP contribution is -2.01. The molecule has 0 spiro atoms. The van der Waals surface area contributed by atoms with Crippen LogP contribution in [0.2, 0.25) is 0 Å². The number of halogens is 1. The van der Waals surface area contributed by atoms with Gasteiger partial charge in [0.15, 0.2) is 0 Å². The van der Waals surface area contributed by atoms with Crippen LogP contribution in [-0.4, -0.2) is 17.9 Å². The average Bonchev–Trinajstić information content (AvgIpc) is 2.67. The van der Waals surface area contributed by atoms with Crippen LogP contribution in [0.3, 0.4) is 0 Å². The Kier molecular flexibility index (Phi) is 5.65. The molecule has 0 aliphatic rings. The third-order valence-corrected chi connectivity index (χ3v) is 3.15. The van der Waals surface area contributed by atoms with E-state index >= 15 is 0 Å². The van der Waals surface area contributed by atoms with Crippen molar-refractivity contribution in [2.75, 3.05) is 11.9 Å². The summed E-state index contributed by atoms with van der Waals surface area (Å²) in [5.74, 6) is -0.234. The Hall–Kier alpha value is -0.610. The highest BCUT2D eigenvalue weighted by Crippen LogP contribution is 2.19. The van der Waals surface area contributed by atoms with E-state index in [9.17, 15) is 4.79 Å². The molecule has 0 aliphatic carbocycles. The first-order valence-electron chi connectivity index (χ1n) is 4.77. The highest BCUT2D eigenvalue weighted by atomic mass is 79.9. The van der Waals surface area contributed by atoms with Crippen LogP contribution < -0.4 is 0 Å². The van der Waals surface area contributed by atoms with Gasteiger partial charge in [-0.25, -0.2) is 4.79 Å². The fourth-order valence-electron chi connectivity index (χ4n) is 1.02. The highest BCUT2D eigenvalue weighted by Gasteiger charge is 2.08. The van der Waals surface area contributed by atoms with Gasteiger partial charge in [0, 0.05) is 10.2 Å². The number of alkyl halides is 1. The van der Waals surface area contributed by atoms with Crippen molar-refractivity contribution in [1.29, 1.82) is 0 Å². The minimum Gasteiger partial charge on any atom is -0.462 e. The van der Waals surface area contributed by atoms with E-state index in [4.69, 9.17) is 4.74 Å². The van der Waals surface area contributed by atoms with Gasteiger partial charge in [0.1, 0.15) is 4.88 Å². The SMILES string of the molecule is CCOC(=O)c1ccc(C=CCCBr)s1. The molecule has 4 heteroatoms. The molecule has 0 N–H and O–H groups in total. The number of carbonyl (C=O) groups is 1. The zero-order chi connectivity index (χ0) is 11.1. The van der Waals surface area contributed by atoms with Gasteiger partial charge < -0.3 is 4.74 Å². The summed E-state index contributed by atoms with van der Waals surface area (Å²) in [6.45, 7) is 2.23. The van der Waals surface area contributed by atoms with Crippen LogP contribution in [-0.2, 0) is 4.74 Å². The van der Waals surface area contributed by atoms with Gasteiger partial charge >= 0.3 is 5.97 Å². The largest absolute Gasteiger partial charge is 0.462 e. The smallest absolute Gasteiger partial charge is 0.348 e. The van der Waals surface area contributed by atoms with Crippen molar-refractivity contribution in [2.24, 2.45) is 0 Å². The quantitative estimate of drug-likeness (QED) is 0.610. The predicted octanol–water partition coefficient (Wildman–Crippen LogP) is 3.72. The number of allylic oxidation sites excluding steroid dienone is 1. The average molecular weight is 289 g/mol. The van der Waals surface area contributed by atoms with Crippen LogP contribution in [0.5, 0.6) is 0 Å². The molecule has 0 aliphatic heterocycles. The van der Waals surface area contributed by atoms with Crippen molar-refractivity contribution in [3.8, 4) is 0 Å². The van der Waals surface area contributed by atoms with Crippen molar-refractivity contribution < 1.29 is 9.53 Å². The molecule has 0 aromatic carbocycles. The Morgan fingerprint density at radius 3 is 3.07 bits per heavy atom. The van der Waals surface area contributed by atoms with Gasteiger partial charge in [-0.2, -0.15) is 0 Å². The topological polar surface area (TPSA) is 26.3 Å². The van der Waals surface area contributed by atoms with Crippen LogP contribution in [0, 0.1) is 0 Å². The Labute approximate surface area is 102 Å². The van der Waals surface area contributed by atoms with E-state index in [2.05, 4.69) is 22.0 Å². The lowest BCUT2D eigenvalue weighted by Gasteiger charge is -1.96. The maximum absolute atomic E-state index is 11.3. The van der Waals surface area contributed by atoms with Gasteiger partial charge in [-0.05, 0) is 31.6 Å². The molecule has 15 heavy (non-hydrogen) atoms. The normalized spacial score (nSPS) is 10.8. The number of ether oxygens (including phenoxy) is 1. The van der Waals surface area contributed by atoms with Crippen LogP contribution >= 0.6 is 27.3 Å². The molecule has 0 saturated carbocycles. The first-order valence-corrected chi connectivity index (χ1v) is 6.71. The maximum atomic E-state index is 11.3. The number of carbonyl (C=O) groups excluding carboxylic acids is 1. The second-order valence-corrected chi connectivity index (χ2v) is 4.71. The molecule has 0 saturated heterocycles. The summed E-state index contributed by atoms with van der Waals surface area (Å²) < 4.78 is 4.91. The number of thiophene rings is 1. The molecule has 1 aromatic rings. The Balaban J connectivity index is 2.59. The molecule has 1 heterocycles. The lowest BCUT2D eigenvalue weighted by molar-refractivity contribution is 0.0532. The summed E-state index contributed by atoms with van der Waals surface area (Å²) in [5.41, 5.74) is 0. The molecule has 0 bridgehead atoms. The molecular weight excluding hydrogens is 276 g/mol. The van der Waals surface area contributed by atoms with Gasteiger partial charge in [-0.1, -0.05) is 22.0 Å². The summed E-state index contributed by atoms with van der Waals surface area (Å²) in [4.78, 5) is 13.1. The third-order valence-electron chi connectivity index (χ3n) is 1.66. The summed E-state index contributed by atoms with van der Waals surface area (Å²) in [6, 6.07) is 3.73. The summed E-state index contributed by atoms with van der Waals surface area (Å²) in [5, 5.41) is 0.958. The van der Waals surface area contributed by atoms with Gasteiger partial charge in [0.05, 0.1) is 6.61 Å². The van der Waals surface area contributed by atoms with Crippen LogP contribution in [0.1, 0.15) is 27.9 Å². The lowest BCUT2D eigenvalue weighted by atomic mass is 10.3. The van der Waals surface area contributed by atoms with Gasteiger partial charge in [0.2, 0.25) is 0 Å². The zero-order valence-electron chi connectivity index (χ0n) is 8.53. The molecule has 0 radical (unpaired) electrons. The van der Waals surface area contributed by atoms with E-state index in [1.54, 1.807) is 6.07 Å². The van der Waals surface area contributed by atoms with Crippen molar-refractivity contribution in [3.05, 3.63) is 28.0 Å². The van der Waals surface area contributed by atoms with Crippen molar-refractivity contribution in [1.82, 2.24) is 0 Å². The minimum absolute atomic E-state index is 0.234. The Morgan fingerprint density at radius 2 is 2.40 bits per heavy atom. The Bertz CT molecular complexity index is 344. The fourth-order valence-corrected chi connectivity index (χ4v) is 2.11. The molecule has 0 fully saturated rings. The van der Waals surface area contributed by atoms with Gasteiger partial charge in [-0.15, -0.1) is 11.3 Å². The molecule has 2 nitrogen and oxygen atoms in total. The van der Waals surface area contributed by atoms with Gasteiger partial charge in [0.25, 0.3) is 0 Å². The highest BCUT2D eigenvalue weighted by molar-refractivity contribution is 9.09. The molecule has 0 amide bonds. The second-order valence-electron chi connectivity index (χ2n) is 2.80. The molecular formula is C11H13BrO2S. The van der Waals surface area contributed by atoms with E-state index < -0.39 is 0 Å². The van der Waals surface area contributed by atoms with Crippen molar-refractivity contribution >= 4 is 39.3 Å². The standard InChI is InChI=1S/C11H13BrO2S/c1-2-14-11(13)10-7-6-9(15-10)5-3-4-8-12/h3,5-7H,2,4,8H2,1H3. The van der Waals surface area contributed by atoms with Crippen LogP contribution in [0.4, 0.5) is 0 Å². The summed E-state index contributed by atoms with van der Waals surface area (Å²) in [6.07, 6.45) is 5.09. The van der Waals surface area contributed by atoms with Crippen molar-refractivity contribution in [2.45, 2.75) is 13.3 Å². The van der Waals surface area contributed by atoms with Crippen molar-refractivity contribution in [3.63, 3.8) is 0 Å². The first kappa shape index (κ1) is 12.5. The van der Waals surface area contributed by atoms with E-state index in [1.807, 2.05) is 19.1 Å². The van der Waals surface area contributed by atoms with E-state index in [0.29, 0.717) is 11.5 Å². The summed E-state index contributed by atoms with van der Waals surface area (Å²) >= 11 is 4.80. The third kappa shape index (κ3) is 4.18. The molecule has 0 atom stereocenters. The zero-order valence-corrected chi connectivity index (χ0v) is 10.9. The first-order chi connectivity index (χ1) is 7.27. The second kappa shape index (κ2) is 6.80. The minimum atomic E-state index is -0.234. The van der Waals surface area contributed by atoms with E-state index in [1.165, 1.54) is 11.3 Å². The molecule has 1 aromatic heterocycles. The maximum Gasteiger partial charge on any atom is 0.348 e.